The molecule has 0 aromatic heterocycles. The lowest BCUT2D eigenvalue weighted by Crippen LogP contribution is -2.38. The van der Waals surface area contributed by atoms with Crippen molar-refractivity contribution in [3.05, 3.63) is 36.0 Å². The highest BCUT2D eigenvalue weighted by atomic mass is 16.4. The van der Waals surface area contributed by atoms with Gasteiger partial charge in [0.25, 0.3) is 0 Å². The van der Waals surface area contributed by atoms with Crippen LogP contribution >= 0.6 is 0 Å². The van der Waals surface area contributed by atoms with Crippen molar-refractivity contribution in [1.29, 1.82) is 10.5 Å². The molecular formula is C16H16N4O2. The van der Waals surface area contributed by atoms with Crippen molar-refractivity contribution in [2.45, 2.75) is 12.8 Å². The van der Waals surface area contributed by atoms with Crippen LogP contribution in [0.15, 0.2) is 36.0 Å². The molecule has 1 aliphatic rings. The smallest absolute Gasteiger partial charge is 0.308 e. The Labute approximate surface area is 128 Å². The number of carbonyl (C=O) groups is 1. The van der Waals surface area contributed by atoms with Crippen LogP contribution in [-0.4, -0.2) is 24.2 Å². The average molecular weight is 296 g/mol. The van der Waals surface area contributed by atoms with Crippen LogP contribution in [0.1, 0.15) is 12.8 Å². The second-order valence-electron chi connectivity index (χ2n) is 5.10. The van der Waals surface area contributed by atoms with Crippen LogP contribution in [0.4, 0.5) is 11.4 Å². The zero-order valence-corrected chi connectivity index (χ0v) is 12.0. The van der Waals surface area contributed by atoms with E-state index in [-0.39, 0.29) is 11.5 Å². The molecule has 22 heavy (non-hydrogen) atoms. The number of anilines is 2. The van der Waals surface area contributed by atoms with Crippen molar-refractivity contribution in [3.8, 4) is 12.1 Å². The fourth-order valence-corrected chi connectivity index (χ4v) is 2.43. The minimum Gasteiger partial charge on any atom is -0.481 e. The lowest BCUT2D eigenvalue weighted by Gasteiger charge is -2.32. The molecular weight excluding hydrogens is 280 g/mol. The van der Waals surface area contributed by atoms with Gasteiger partial charge in [-0.2, -0.15) is 10.5 Å². The third kappa shape index (κ3) is 3.77. The number of carboxylic acids is 1. The highest BCUT2D eigenvalue weighted by Crippen LogP contribution is 2.24. The van der Waals surface area contributed by atoms with Crippen molar-refractivity contribution in [1.82, 2.24) is 0 Å². The molecule has 6 nitrogen and oxygen atoms in total. The molecule has 1 unspecified atom stereocenters. The largest absolute Gasteiger partial charge is 0.481 e. The van der Waals surface area contributed by atoms with Gasteiger partial charge in [0.1, 0.15) is 17.7 Å². The number of rotatable bonds is 4. The number of hydrogen-bond donors (Lipinski definition) is 2. The summed E-state index contributed by atoms with van der Waals surface area (Å²) < 4.78 is 0. The van der Waals surface area contributed by atoms with Gasteiger partial charge >= 0.3 is 5.97 Å². The zero-order valence-electron chi connectivity index (χ0n) is 12.0. The van der Waals surface area contributed by atoms with E-state index in [4.69, 9.17) is 15.6 Å². The Morgan fingerprint density at radius 1 is 1.32 bits per heavy atom. The molecule has 0 saturated carbocycles. The number of nitriles is 2. The lowest BCUT2D eigenvalue weighted by atomic mass is 9.98. The van der Waals surface area contributed by atoms with Gasteiger partial charge in [0, 0.05) is 30.7 Å². The first kappa shape index (κ1) is 15.4. The van der Waals surface area contributed by atoms with Crippen LogP contribution < -0.4 is 10.2 Å². The van der Waals surface area contributed by atoms with Gasteiger partial charge in [0.05, 0.1) is 5.92 Å². The number of carboxylic acid groups (broad SMARTS) is 1. The Morgan fingerprint density at radius 3 is 2.59 bits per heavy atom. The Kier molecular flexibility index (Phi) is 5.00. The molecule has 2 rings (SSSR count). The predicted octanol–water partition coefficient (Wildman–Crippen LogP) is 2.33. The number of allylic oxidation sites excluding steroid dienone is 1. The number of nitrogens with one attached hydrogen (secondary N) is 1. The topological polar surface area (TPSA) is 100 Å². The Bertz CT molecular complexity index is 636. The number of hydrogen-bond acceptors (Lipinski definition) is 5. The third-order valence-electron chi connectivity index (χ3n) is 3.63. The van der Waals surface area contributed by atoms with E-state index in [0.29, 0.717) is 6.54 Å². The third-order valence-corrected chi connectivity index (χ3v) is 3.63. The molecule has 0 bridgehead atoms. The van der Waals surface area contributed by atoms with E-state index in [1.165, 1.54) is 6.20 Å². The van der Waals surface area contributed by atoms with Gasteiger partial charge in [-0.3, -0.25) is 4.79 Å². The maximum atomic E-state index is 11.1. The zero-order chi connectivity index (χ0) is 15.9. The van der Waals surface area contributed by atoms with Crippen LogP contribution in [0.2, 0.25) is 0 Å². The summed E-state index contributed by atoms with van der Waals surface area (Å²) in [6, 6.07) is 11.0. The van der Waals surface area contributed by atoms with E-state index < -0.39 is 5.97 Å². The molecule has 1 aromatic carbocycles. The molecule has 6 heteroatoms. The molecule has 0 spiro atoms. The van der Waals surface area contributed by atoms with Gasteiger partial charge in [0.15, 0.2) is 0 Å². The van der Waals surface area contributed by atoms with E-state index in [0.717, 1.165) is 30.8 Å². The Morgan fingerprint density at radius 2 is 2.00 bits per heavy atom. The fourth-order valence-electron chi connectivity index (χ4n) is 2.43. The molecule has 1 atom stereocenters. The van der Waals surface area contributed by atoms with Gasteiger partial charge in [-0.15, -0.1) is 0 Å². The van der Waals surface area contributed by atoms with Crippen molar-refractivity contribution >= 4 is 17.3 Å². The summed E-state index contributed by atoms with van der Waals surface area (Å²) in [7, 11) is 0. The quantitative estimate of drug-likeness (QED) is 0.827. The minimum absolute atomic E-state index is 0.00408. The second kappa shape index (κ2) is 7.14. The number of benzene rings is 1. The van der Waals surface area contributed by atoms with E-state index in [1.54, 1.807) is 12.1 Å². The summed E-state index contributed by atoms with van der Waals surface area (Å²) in [6.07, 6.45) is 2.95. The molecule has 112 valence electrons. The second-order valence-corrected chi connectivity index (χ2v) is 5.10. The van der Waals surface area contributed by atoms with E-state index in [9.17, 15) is 4.79 Å². The highest BCUT2D eigenvalue weighted by molar-refractivity contribution is 5.71. The average Bonchev–Trinajstić information content (AvgIpc) is 2.56. The van der Waals surface area contributed by atoms with Crippen molar-refractivity contribution in [2.75, 3.05) is 23.3 Å². The predicted molar refractivity (Wildman–Crippen MR) is 81.9 cm³/mol. The molecule has 1 saturated heterocycles. The number of nitrogens with zero attached hydrogens (tertiary/aromatic N) is 3. The fraction of sp³-hybridized carbons (Fsp3) is 0.312. The van der Waals surface area contributed by atoms with Gasteiger partial charge < -0.3 is 15.3 Å². The Balaban J connectivity index is 2.03. The molecule has 1 aliphatic heterocycles. The van der Waals surface area contributed by atoms with Crippen LogP contribution in [0.3, 0.4) is 0 Å². The molecule has 0 aliphatic carbocycles. The van der Waals surface area contributed by atoms with Gasteiger partial charge in [-0.1, -0.05) is 0 Å². The summed E-state index contributed by atoms with van der Waals surface area (Å²) in [5, 5.41) is 29.3. The first-order valence-corrected chi connectivity index (χ1v) is 6.98. The van der Waals surface area contributed by atoms with Crippen molar-refractivity contribution in [2.24, 2.45) is 5.92 Å². The lowest BCUT2D eigenvalue weighted by molar-refractivity contribution is -0.141. The van der Waals surface area contributed by atoms with Gasteiger partial charge in [-0.25, -0.2) is 0 Å². The van der Waals surface area contributed by atoms with Gasteiger partial charge in [-0.05, 0) is 37.1 Å². The van der Waals surface area contributed by atoms with Crippen LogP contribution in [0.5, 0.6) is 0 Å². The SMILES string of the molecule is N#CC(C#N)=CNc1ccc(N2CCCC(C(=O)O)C2)cc1. The van der Waals surface area contributed by atoms with E-state index >= 15 is 0 Å². The summed E-state index contributed by atoms with van der Waals surface area (Å²) in [4.78, 5) is 13.2. The summed E-state index contributed by atoms with van der Waals surface area (Å²) >= 11 is 0. The van der Waals surface area contributed by atoms with E-state index in [1.807, 2.05) is 24.3 Å². The van der Waals surface area contributed by atoms with Crippen LogP contribution in [0, 0.1) is 28.6 Å². The first-order valence-electron chi connectivity index (χ1n) is 6.98. The molecule has 0 radical (unpaired) electrons. The number of piperidine rings is 1. The normalized spacial score (nSPS) is 17.0. The first-order chi connectivity index (χ1) is 10.6. The summed E-state index contributed by atoms with van der Waals surface area (Å²) in [5.41, 5.74) is 1.74. The number of aliphatic carboxylic acids is 1. The maximum Gasteiger partial charge on any atom is 0.308 e. The van der Waals surface area contributed by atoms with Crippen LogP contribution in [0.25, 0.3) is 0 Å². The summed E-state index contributed by atoms with van der Waals surface area (Å²) in [6.45, 7) is 1.37. The minimum atomic E-state index is -0.742. The highest BCUT2D eigenvalue weighted by Gasteiger charge is 2.25. The van der Waals surface area contributed by atoms with Gasteiger partial charge in [0.2, 0.25) is 0 Å². The molecule has 2 N–H and O–H groups in total. The molecule has 0 amide bonds. The molecule has 1 heterocycles. The summed E-state index contributed by atoms with van der Waals surface area (Å²) in [5.74, 6) is -1.06. The van der Waals surface area contributed by atoms with Crippen LogP contribution in [-0.2, 0) is 4.79 Å². The maximum absolute atomic E-state index is 11.1. The van der Waals surface area contributed by atoms with Crippen molar-refractivity contribution in [3.63, 3.8) is 0 Å². The van der Waals surface area contributed by atoms with E-state index in [2.05, 4.69) is 10.2 Å². The Hall–Kier alpha value is -2.99. The van der Waals surface area contributed by atoms with Crippen molar-refractivity contribution < 1.29 is 9.90 Å². The standard InChI is InChI=1S/C16H16N4O2/c17-8-12(9-18)10-19-14-3-5-15(6-4-14)20-7-1-2-13(11-20)16(21)22/h3-6,10,13,19H,1-2,7,11H2,(H,21,22). The molecule has 1 aromatic rings. The monoisotopic (exact) mass is 296 g/mol. The molecule has 1 fully saturated rings.